The Labute approximate surface area is 109 Å². The van der Waals surface area contributed by atoms with Gasteiger partial charge in [0, 0.05) is 13.5 Å². The Morgan fingerprint density at radius 2 is 2.00 bits per heavy atom. The first kappa shape index (κ1) is 17.3. The van der Waals surface area contributed by atoms with Crippen molar-refractivity contribution < 1.29 is 17.4 Å². The lowest BCUT2D eigenvalue weighted by Crippen LogP contribution is -2.27. The van der Waals surface area contributed by atoms with E-state index >= 15 is 0 Å². The van der Waals surface area contributed by atoms with Gasteiger partial charge in [-0.1, -0.05) is 13.8 Å². The molecule has 0 aliphatic heterocycles. The molecule has 0 bridgehead atoms. The first-order valence-corrected chi connectivity index (χ1v) is 7.58. The number of carbonyl (C=O) groups excluding carboxylic acids is 1. The van der Waals surface area contributed by atoms with Gasteiger partial charge in [0.05, 0.1) is 12.4 Å². The first-order valence-electron chi connectivity index (χ1n) is 6.00. The number of amides is 1. The van der Waals surface area contributed by atoms with Crippen molar-refractivity contribution in [3.8, 4) is 0 Å². The van der Waals surface area contributed by atoms with Crippen molar-refractivity contribution in [1.29, 1.82) is 0 Å². The van der Waals surface area contributed by atoms with E-state index in [1.807, 2.05) is 13.8 Å². The van der Waals surface area contributed by atoms with Crippen molar-refractivity contribution in [2.24, 2.45) is 11.1 Å². The Hall–Kier alpha value is -0.660. The van der Waals surface area contributed by atoms with Crippen molar-refractivity contribution in [1.82, 2.24) is 5.32 Å². The van der Waals surface area contributed by atoms with Gasteiger partial charge in [0.25, 0.3) is 10.1 Å². The molecule has 18 heavy (non-hydrogen) atoms. The van der Waals surface area contributed by atoms with E-state index in [0.29, 0.717) is 25.9 Å². The van der Waals surface area contributed by atoms with Crippen molar-refractivity contribution in [2.75, 3.05) is 25.4 Å². The van der Waals surface area contributed by atoms with Gasteiger partial charge < -0.3 is 11.1 Å². The largest absolute Gasteiger partial charge is 0.356 e. The van der Waals surface area contributed by atoms with Crippen molar-refractivity contribution in [3.05, 3.63) is 0 Å². The monoisotopic (exact) mass is 280 g/mol. The highest BCUT2D eigenvalue weighted by Crippen LogP contribution is 2.20. The molecule has 0 aromatic carbocycles. The molecular formula is C11H24N2O4S. The molecule has 0 atom stereocenters. The van der Waals surface area contributed by atoms with E-state index in [2.05, 4.69) is 5.32 Å². The molecule has 0 aliphatic rings. The lowest BCUT2D eigenvalue weighted by atomic mass is 9.91. The summed E-state index contributed by atoms with van der Waals surface area (Å²) in [4.78, 5) is 10.6. The van der Waals surface area contributed by atoms with Gasteiger partial charge in [-0.2, -0.15) is 8.42 Å². The molecule has 0 fully saturated rings. The van der Waals surface area contributed by atoms with Crippen LogP contribution in [0.25, 0.3) is 0 Å². The SMILES string of the molecule is CC(=O)NCCCS(=O)(=O)OCC(C)(C)CCN. The summed E-state index contributed by atoms with van der Waals surface area (Å²) >= 11 is 0. The van der Waals surface area contributed by atoms with Gasteiger partial charge in [-0.05, 0) is 24.8 Å². The normalized spacial score (nSPS) is 12.4. The minimum atomic E-state index is -3.52. The van der Waals surface area contributed by atoms with Crippen LogP contribution in [-0.2, 0) is 19.1 Å². The van der Waals surface area contributed by atoms with E-state index in [9.17, 15) is 13.2 Å². The topological polar surface area (TPSA) is 98.5 Å². The number of rotatable bonds is 9. The van der Waals surface area contributed by atoms with Gasteiger partial charge in [0.2, 0.25) is 5.91 Å². The van der Waals surface area contributed by atoms with Gasteiger partial charge in [-0.15, -0.1) is 0 Å². The minimum absolute atomic E-state index is 0.0913. The number of nitrogens with one attached hydrogen (secondary N) is 1. The molecule has 0 heterocycles. The lowest BCUT2D eigenvalue weighted by Gasteiger charge is -2.23. The molecule has 3 N–H and O–H groups in total. The summed E-state index contributed by atoms with van der Waals surface area (Å²) in [7, 11) is -3.52. The lowest BCUT2D eigenvalue weighted by molar-refractivity contribution is -0.118. The summed E-state index contributed by atoms with van der Waals surface area (Å²) in [6.07, 6.45) is 1.05. The van der Waals surface area contributed by atoms with Crippen LogP contribution in [0.4, 0.5) is 0 Å². The molecule has 108 valence electrons. The molecule has 0 saturated carbocycles. The Bertz CT molecular complexity index is 352. The van der Waals surface area contributed by atoms with E-state index in [0.717, 1.165) is 0 Å². The molecule has 0 aromatic rings. The molecule has 1 amide bonds. The maximum Gasteiger partial charge on any atom is 0.267 e. The first-order chi connectivity index (χ1) is 8.18. The zero-order valence-corrected chi connectivity index (χ0v) is 12.2. The number of hydrogen-bond acceptors (Lipinski definition) is 5. The number of hydrogen-bond donors (Lipinski definition) is 2. The van der Waals surface area contributed by atoms with E-state index in [-0.39, 0.29) is 23.7 Å². The molecule has 0 aliphatic carbocycles. The predicted octanol–water partition coefficient (Wildman–Crippen LogP) is 0.234. The molecule has 6 nitrogen and oxygen atoms in total. The fourth-order valence-electron chi connectivity index (χ4n) is 1.28. The van der Waals surface area contributed by atoms with Gasteiger partial charge in [0.15, 0.2) is 0 Å². The second kappa shape index (κ2) is 7.70. The van der Waals surface area contributed by atoms with Crippen molar-refractivity contribution in [3.63, 3.8) is 0 Å². The summed E-state index contributed by atoms with van der Waals surface area (Å²) in [5, 5.41) is 2.54. The Morgan fingerprint density at radius 3 is 2.50 bits per heavy atom. The van der Waals surface area contributed by atoms with E-state index in [1.54, 1.807) is 0 Å². The van der Waals surface area contributed by atoms with Crippen LogP contribution in [-0.4, -0.2) is 39.8 Å². The Morgan fingerprint density at radius 1 is 1.39 bits per heavy atom. The van der Waals surface area contributed by atoms with Gasteiger partial charge in [-0.25, -0.2) is 0 Å². The standard InChI is InChI=1S/C11H24N2O4S/c1-10(14)13-7-4-8-18(15,16)17-9-11(2,3)5-6-12/h4-9,12H2,1-3H3,(H,13,14). The van der Waals surface area contributed by atoms with Crippen molar-refractivity contribution >= 4 is 16.0 Å². The summed E-state index contributed by atoms with van der Waals surface area (Å²) in [6, 6.07) is 0. The van der Waals surface area contributed by atoms with Gasteiger partial charge in [0.1, 0.15) is 0 Å². The Kier molecular flexibility index (Phi) is 7.42. The minimum Gasteiger partial charge on any atom is -0.356 e. The van der Waals surface area contributed by atoms with Crippen LogP contribution in [0.1, 0.15) is 33.6 Å². The molecule has 0 aromatic heterocycles. The highest BCUT2D eigenvalue weighted by molar-refractivity contribution is 7.86. The average molecular weight is 280 g/mol. The second-order valence-electron chi connectivity index (χ2n) is 5.06. The molecular weight excluding hydrogens is 256 g/mol. The van der Waals surface area contributed by atoms with Crippen LogP contribution in [0, 0.1) is 5.41 Å². The van der Waals surface area contributed by atoms with E-state index in [4.69, 9.17) is 9.92 Å². The molecule has 7 heteroatoms. The molecule has 0 radical (unpaired) electrons. The smallest absolute Gasteiger partial charge is 0.267 e. The predicted molar refractivity (Wildman–Crippen MR) is 70.5 cm³/mol. The zero-order chi connectivity index (χ0) is 14.2. The summed E-state index contributed by atoms with van der Waals surface area (Å²) in [5.74, 6) is -0.260. The maximum atomic E-state index is 11.6. The van der Waals surface area contributed by atoms with Crippen LogP contribution in [0.15, 0.2) is 0 Å². The maximum absolute atomic E-state index is 11.6. The highest BCUT2D eigenvalue weighted by atomic mass is 32.2. The molecule has 0 saturated heterocycles. The average Bonchev–Trinajstić information content (AvgIpc) is 2.22. The van der Waals surface area contributed by atoms with Gasteiger partial charge >= 0.3 is 0 Å². The van der Waals surface area contributed by atoms with Gasteiger partial charge in [-0.3, -0.25) is 8.98 Å². The van der Waals surface area contributed by atoms with Crippen LogP contribution in [0.5, 0.6) is 0 Å². The van der Waals surface area contributed by atoms with E-state index in [1.165, 1.54) is 6.92 Å². The number of carbonyl (C=O) groups is 1. The van der Waals surface area contributed by atoms with Crippen molar-refractivity contribution in [2.45, 2.75) is 33.6 Å². The number of nitrogens with two attached hydrogens (primary N) is 1. The summed E-state index contributed by atoms with van der Waals surface area (Å²) in [6.45, 7) is 6.18. The van der Waals surface area contributed by atoms with Crippen LogP contribution in [0.2, 0.25) is 0 Å². The van der Waals surface area contributed by atoms with Crippen LogP contribution in [0.3, 0.4) is 0 Å². The summed E-state index contributed by atoms with van der Waals surface area (Å²) < 4.78 is 28.1. The van der Waals surface area contributed by atoms with E-state index < -0.39 is 10.1 Å². The summed E-state index contributed by atoms with van der Waals surface area (Å²) in [5.41, 5.74) is 5.18. The third kappa shape index (κ3) is 9.38. The fourth-order valence-corrected chi connectivity index (χ4v) is 2.40. The molecule has 0 spiro atoms. The molecule has 0 rings (SSSR count). The molecule has 0 unspecified atom stereocenters. The quantitative estimate of drug-likeness (QED) is 0.465. The highest BCUT2D eigenvalue weighted by Gasteiger charge is 2.21. The fraction of sp³-hybridized carbons (Fsp3) is 0.909. The Balaban J connectivity index is 3.97. The van der Waals surface area contributed by atoms with Crippen LogP contribution >= 0.6 is 0 Å². The third-order valence-corrected chi connectivity index (χ3v) is 3.66. The third-order valence-electron chi connectivity index (χ3n) is 2.40. The second-order valence-corrected chi connectivity index (χ2v) is 6.82. The zero-order valence-electron chi connectivity index (χ0n) is 11.4. The van der Waals surface area contributed by atoms with Crippen LogP contribution < -0.4 is 11.1 Å².